The van der Waals surface area contributed by atoms with E-state index in [1.807, 2.05) is 12.2 Å². The summed E-state index contributed by atoms with van der Waals surface area (Å²) in [6.45, 7) is 7.52. The van der Waals surface area contributed by atoms with E-state index in [9.17, 15) is 27.6 Å². The first kappa shape index (κ1) is 30.9. The van der Waals surface area contributed by atoms with Gasteiger partial charge in [-0.15, -0.1) is 0 Å². The minimum absolute atomic E-state index is 0.170. The Labute approximate surface area is 231 Å². The maximum Gasteiger partial charge on any atom is 0.408 e. The van der Waals surface area contributed by atoms with Gasteiger partial charge in [-0.05, 0) is 65.7 Å². The van der Waals surface area contributed by atoms with Crippen molar-refractivity contribution < 1.29 is 32.3 Å². The lowest BCUT2D eigenvalue weighted by atomic mass is 10.0. The maximum absolute atomic E-state index is 13.6. The van der Waals surface area contributed by atoms with E-state index in [2.05, 4.69) is 20.1 Å². The van der Waals surface area contributed by atoms with Gasteiger partial charge in [0.05, 0.1) is 0 Å². The molecule has 0 aromatic heterocycles. The Morgan fingerprint density at radius 3 is 2.59 bits per heavy atom. The molecule has 1 saturated heterocycles. The molecule has 4 atom stereocenters. The van der Waals surface area contributed by atoms with Gasteiger partial charge in [0, 0.05) is 19.0 Å². The van der Waals surface area contributed by atoms with E-state index < -0.39 is 51.3 Å². The molecule has 1 saturated carbocycles. The lowest BCUT2D eigenvalue weighted by Crippen LogP contribution is -2.59. The van der Waals surface area contributed by atoms with Crippen LogP contribution in [0.3, 0.4) is 0 Å². The zero-order valence-electron chi connectivity index (χ0n) is 23.4. The normalized spacial score (nSPS) is 29.1. The van der Waals surface area contributed by atoms with Gasteiger partial charge in [-0.25, -0.2) is 9.52 Å². The van der Waals surface area contributed by atoms with Crippen molar-refractivity contribution in [2.75, 3.05) is 13.1 Å². The van der Waals surface area contributed by atoms with E-state index >= 15 is 0 Å². The average molecular weight is 570 g/mol. The highest BCUT2D eigenvalue weighted by Gasteiger charge is 2.61. The standard InChI is InChI=1S/C26H43N5O7S/c1-5-15-27-39(36,37)30-23(34)26-17-18(26)12-9-7-6-8-10-13-19(28-24(35)38-25(2,3)4)22(33)31-16-11-14-20(31)21(32)29-26/h9,12,18-20,27H,5-8,10-11,13-17H2,1-4H3,(H,28,35)(H,29,32)(H,30,34)/b12-9-/t18-,19?,20-,26+/m0/s1. The third-order valence-corrected chi connectivity index (χ3v) is 8.13. The molecule has 0 spiro atoms. The summed E-state index contributed by atoms with van der Waals surface area (Å²) in [5.41, 5.74) is -2.15. The van der Waals surface area contributed by atoms with Crippen molar-refractivity contribution >= 4 is 34.0 Å². The van der Waals surface area contributed by atoms with Crippen LogP contribution in [0.2, 0.25) is 0 Å². The summed E-state index contributed by atoms with van der Waals surface area (Å²) >= 11 is 0. The molecule has 2 aliphatic heterocycles. The zero-order chi connectivity index (χ0) is 28.8. The largest absolute Gasteiger partial charge is 0.444 e. The molecule has 0 aromatic carbocycles. The summed E-state index contributed by atoms with van der Waals surface area (Å²) < 4.78 is 34.4. The van der Waals surface area contributed by atoms with Gasteiger partial charge in [-0.1, -0.05) is 31.9 Å². The molecule has 4 N–H and O–H groups in total. The summed E-state index contributed by atoms with van der Waals surface area (Å²) in [6, 6.07) is -1.69. The number of carbonyl (C=O) groups is 4. The molecule has 0 radical (unpaired) electrons. The monoisotopic (exact) mass is 569 g/mol. The highest BCUT2D eigenvalue weighted by molar-refractivity contribution is 7.88. The minimum Gasteiger partial charge on any atom is -0.444 e. The fourth-order valence-corrected chi connectivity index (χ4v) is 6.00. The minimum atomic E-state index is -4.09. The Bertz CT molecular complexity index is 1070. The summed E-state index contributed by atoms with van der Waals surface area (Å²) in [4.78, 5) is 54.3. The van der Waals surface area contributed by atoms with Crippen molar-refractivity contribution in [1.82, 2.24) is 25.0 Å². The van der Waals surface area contributed by atoms with Crippen LogP contribution in [0.1, 0.15) is 85.5 Å². The number of carbonyl (C=O) groups excluding carboxylic acids is 4. The summed E-state index contributed by atoms with van der Waals surface area (Å²) in [6.07, 6.45) is 8.38. The number of rotatable bonds is 6. The van der Waals surface area contributed by atoms with Crippen LogP contribution in [0.4, 0.5) is 4.79 Å². The molecular formula is C26H43N5O7S. The fourth-order valence-electron chi connectivity index (χ4n) is 5.03. The van der Waals surface area contributed by atoms with Crippen LogP contribution in [-0.2, 0) is 29.3 Å². The number of amides is 4. The first-order valence-corrected chi connectivity index (χ1v) is 15.4. The van der Waals surface area contributed by atoms with Crippen LogP contribution >= 0.6 is 0 Å². The molecule has 1 unspecified atom stereocenters. The second-order valence-corrected chi connectivity index (χ2v) is 13.1. The number of allylic oxidation sites excluding steroid dienone is 1. The Hall–Kier alpha value is -2.67. The van der Waals surface area contributed by atoms with E-state index in [1.165, 1.54) is 4.90 Å². The molecule has 13 heteroatoms. The molecule has 4 amide bonds. The lowest BCUT2D eigenvalue weighted by molar-refractivity contribution is -0.141. The predicted octanol–water partition coefficient (Wildman–Crippen LogP) is 1.63. The SMILES string of the molecule is CCCNS(=O)(=O)NC(=O)[C@@]12C[C@@H]1/C=C\CCCCCC(NC(=O)OC(C)(C)C)C(=O)N1CCC[C@H]1C(=O)N2. The number of alkyl carbamates (subject to hydrolysis) is 1. The van der Waals surface area contributed by atoms with Crippen molar-refractivity contribution in [3.63, 3.8) is 0 Å². The Morgan fingerprint density at radius 1 is 1.15 bits per heavy atom. The summed E-state index contributed by atoms with van der Waals surface area (Å²) in [7, 11) is -4.09. The second kappa shape index (κ2) is 12.7. The third-order valence-electron chi connectivity index (χ3n) is 7.09. The topological polar surface area (TPSA) is 163 Å². The van der Waals surface area contributed by atoms with E-state index in [0.717, 1.165) is 19.3 Å². The van der Waals surface area contributed by atoms with Crippen molar-refractivity contribution in [2.24, 2.45) is 5.92 Å². The van der Waals surface area contributed by atoms with E-state index in [0.29, 0.717) is 38.6 Å². The van der Waals surface area contributed by atoms with Crippen LogP contribution in [-0.4, -0.2) is 73.4 Å². The van der Waals surface area contributed by atoms with Crippen molar-refractivity contribution in [2.45, 2.75) is 109 Å². The molecule has 2 heterocycles. The van der Waals surface area contributed by atoms with Gasteiger partial charge >= 0.3 is 16.3 Å². The molecule has 0 bridgehead atoms. The van der Waals surface area contributed by atoms with E-state index in [4.69, 9.17) is 4.74 Å². The van der Waals surface area contributed by atoms with Crippen molar-refractivity contribution in [1.29, 1.82) is 0 Å². The number of fused-ring (bicyclic) bond motifs is 2. The smallest absolute Gasteiger partial charge is 0.408 e. The molecule has 3 aliphatic rings. The fraction of sp³-hybridized carbons (Fsp3) is 0.769. The van der Waals surface area contributed by atoms with Crippen molar-refractivity contribution in [3.05, 3.63) is 12.2 Å². The maximum atomic E-state index is 13.6. The molecule has 12 nitrogen and oxygen atoms in total. The second-order valence-electron chi connectivity index (χ2n) is 11.6. The van der Waals surface area contributed by atoms with Gasteiger partial charge in [0.15, 0.2) is 0 Å². The molecule has 39 heavy (non-hydrogen) atoms. The van der Waals surface area contributed by atoms with Gasteiger partial charge in [-0.3, -0.25) is 14.4 Å². The molecule has 2 fully saturated rings. The van der Waals surface area contributed by atoms with Crippen LogP contribution in [0.15, 0.2) is 12.2 Å². The van der Waals surface area contributed by atoms with Crippen LogP contribution < -0.4 is 20.1 Å². The van der Waals surface area contributed by atoms with Gasteiger partial charge in [0.2, 0.25) is 11.8 Å². The average Bonchev–Trinajstić information content (AvgIpc) is 3.29. The molecule has 220 valence electrons. The van der Waals surface area contributed by atoms with E-state index in [-0.39, 0.29) is 24.8 Å². The molecule has 0 aromatic rings. The molecular weight excluding hydrogens is 526 g/mol. The lowest BCUT2D eigenvalue weighted by Gasteiger charge is -2.30. The predicted molar refractivity (Wildman–Crippen MR) is 144 cm³/mol. The van der Waals surface area contributed by atoms with Gasteiger partial charge < -0.3 is 20.3 Å². The third kappa shape index (κ3) is 8.41. The Morgan fingerprint density at radius 2 is 1.90 bits per heavy atom. The number of nitrogens with zero attached hydrogens (tertiary/aromatic N) is 1. The molecule has 3 rings (SSSR count). The van der Waals surface area contributed by atoms with Crippen molar-refractivity contribution in [3.8, 4) is 0 Å². The highest BCUT2D eigenvalue weighted by atomic mass is 32.2. The van der Waals surface area contributed by atoms with Gasteiger partial charge in [0.1, 0.15) is 23.2 Å². The van der Waals surface area contributed by atoms with E-state index in [1.54, 1.807) is 27.7 Å². The number of hydrogen-bond donors (Lipinski definition) is 4. The van der Waals surface area contributed by atoms with Gasteiger partial charge in [0.25, 0.3) is 5.91 Å². The van der Waals surface area contributed by atoms with Crippen LogP contribution in [0, 0.1) is 5.92 Å². The van der Waals surface area contributed by atoms with Crippen LogP contribution in [0.25, 0.3) is 0 Å². The first-order chi connectivity index (χ1) is 18.3. The Kier molecular flexibility index (Phi) is 10.0. The zero-order valence-corrected chi connectivity index (χ0v) is 24.2. The first-order valence-electron chi connectivity index (χ1n) is 13.9. The molecule has 1 aliphatic carbocycles. The quantitative estimate of drug-likeness (QED) is 0.353. The summed E-state index contributed by atoms with van der Waals surface area (Å²) in [5.74, 6) is -2.06. The number of hydrogen-bond acceptors (Lipinski definition) is 7. The van der Waals surface area contributed by atoms with Crippen LogP contribution in [0.5, 0.6) is 0 Å². The number of ether oxygens (including phenoxy) is 1. The number of nitrogens with one attached hydrogen (secondary N) is 4. The highest BCUT2D eigenvalue weighted by Crippen LogP contribution is 2.45. The summed E-state index contributed by atoms with van der Waals surface area (Å²) in [5, 5.41) is 5.49. The Balaban J connectivity index is 1.82. The van der Waals surface area contributed by atoms with Gasteiger partial charge in [-0.2, -0.15) is 13.1 Å².